The molecule has 1 rings (SSSR count). The Kier molecular flexibility index (Phi) is 3.53. The van der Waals surface area contributed by atoms with E-state index in [1.165, 1.54) is 5.56 Å². The van der Waals surface area contributed by atoms with E-state index in [1.54, 1.807) is 0 Å². The lowest BCUT2D eigenvalue weighted by Gasteiger charge is -2.16. The minimum Gasteiger partial charge on any atom is -0.359 e. The molecule has 1 heterocycles. The fourth-order valence-corrected chi connectivity index (χ4v) is 1.46. The van der Waals surface area contributed by atoms with Crippen molar-refractivity contribution in [3.63, 3.8) is 0 Å². The molecule has 0 saturated carbocycles. The quantitative estimate of drug-likeness (QED) is 0.739. The van der Waals surface area contributed by atoms with Gasteiger partial charge in [-0.1, -0.05) is 22.0 Å². The van der Waals surface area contributed by atoms with E-state index in [-0.39, 0.29) is 0 Å². The van der Waals surface area contributed by atoms with Gasteiger partial charge < -0.3 is 4.90 Å². The molecule has 0 aromatic carbocycles. The molecule has 1 aromatic rings. The number of nitrogens with zero attached hydrogens (tertiary/aromatic N) is 2. The van der Waals surface area contributed by atoms with Crippen molar-refractivity contribution >= 4 is 21.7 Å². The molecule has 0 fully saturated rings. The van der Waals surface area contributed by atoms with Gasteiger partial charge in [-0.25, -0.2) is 4.98 Å². The second-order valence-electron chi connectivity index (χ2n) is 2.80. The molecular formula is C9H13BrN2. The predicted octanol–water partition coefficient (Wildman–Crippen LogP) is 2.22. The summed E-state index contributed by atoms with van der Waals surface area (Å²) in [5, 5.41) is 0.971. The molecular weight excluding hydrogens is 216 g/mol. The number of halogens is 1. The van der Waals surface area contributed by atoms with E-state index in [2.05, 4.69) is 31.9 Å². The SMILES string of the molecule is Cc1ccc(N(C)CCBr)nc1. The van der Waals surface area contributed by atoms with Gasteiger partial charge in [0.25, 0.3) is 0 Å². The van der Waals surface area contributed by atoms with Crippen molar-refractivity contribution in [3.8, 4) is 0 Å². The molecule has 12 heavy (non-hydrogen) atoms. The summed E-state index contributed by atoms with van der Waals surface area (Å²) in [6.07, 6.45) is 1.89. The maximum Gasteiger partial charge on any atom is 0.128 e. The Morgan fingerprint density at radius 3 is 2.75 bits per heavy atom. The van der Waals surface area contributed by atoms with Gasteiger partial charge in [0, 0.05) is 25.1 Å². The van der Waals surface area contributed by atoms with Gasteiger partial charge in [-0.15, -0.1) is 0 Å². The third kappa shape index (κ3) is 2.48. The van der Waals surface area contributed by atoms with E-state index >= 15 is 0 Å². The van der Waals surface area contributed by atoms with Crippen LogP contribution in [0.1, 0.15) is 5.56 Å². The van der Waals surface area contributed by atoms with Crippen molar-refractivity contribution in [3.05, 3.63) is 23.9 Å². The highest BCUT2D eigenvalue weighted by molar-refractivity contribution is 9.09. The third-order valence-electron chi connectivity index (χ3n) is 1.71. The van der Waals surface area contributed by atoms with Crippen LogP contribution >= 0.6 is 15.9 Å². The average molecular weight is 229 g/mol. The molecule has 0 aliphatic carbocycles. The standard InChI is InChI=1S/C9H13BrN2/c1-8-3-4-9(11-7-8)12(2)6-5-10/h3-4,7H,5-6H2,1-2H3. The summed E-state index contributed by atoms with van der Waals surface area (Å²) in [7, 11) is 2.04. The fourth-order valence-electron chi connectivity index (χ4n) is 0.927. The van der Waals surface area contributed by atoms with Crippen LogP contribution in [0.4, 0.5) is 5.82 Å². The Bertz CT molecular complexity index is 233. The number of aromatic nitrogens is 1. The van der Waals surface area contributed by atoms with Gasteiger partial charge >= 0.3 is 0 Å². The van der Waals surface area contributed by atoms with E-state index in [0.717, 1.165) is 17.7 Å². The summed E-state index contributed by atoms with van der Waals surface area (Å²) in [5.41, 5.74) is 1.20. The molecule has 0 bridgehead atoms. The van der Waals surface area contributed by atoms with E-state index in [1.807, 2.05) is 26.2 Å². The lowest BCUT2D eigenvalue weighted by Crippen LogP contribution is -2.20. The Hall–Kier alpha value is -0.570. The van der Waals surface area contributed by atoms with Crippen LogP contribution in [-0.4, -0.2) is 23.9 Å². The van der Waals surface area contributed by atoms with Gasteiger partial charge in [0.2, 0.25) is 0 Å². The van der Waals surface area contributed by atoms with Crippen LogP contribution in [0.15, 0.2) is 18.3 Å². The zero-order valence-corrected chi connectivity index (χ0v) is 9.00. The summed E-state index contributed by atoms with van der Waals surface area (Å²) in [6.45, 7) is 3.03. The Balaban J connectivity index is 2.68. The van der Waals surface area contributed by atoms with Crippen molar-refractivity contribution in [2.24, 2.45) is 0 Å². The van der Waals surface area contributed by atoms with Gasteiger partial charge in [-0.05, 0) is 18.6 Å². The number of aryl methyl sites for hydroxylation is 1. The Morgan fingerprint density at radius 2 is 2.25 bits per heavy atom. The number of hydrogen-bond acceptors (Lipinski definition) is 2. The summed E-state index contributed by atoms with van der Waals surface area (Å²) >= 11 is 3.39. The van der Waals surface area contributed by atoms with Crippen LogP contribution in [-0.2, 0) is 0 Å². The predicted molar refractivity (Wildman–Crippen MR) is 56.0 cm³/mol. The first-order chi connectivity index (χ1) is 5.74. The molecule has 66 valence electrons. The summed E-state index contributed by atoms with van der Waals surface area (Å²) < 4.78 is 0. The summed E-state index contributed by atoms with van der Waals surface area (Å²) in [4.78, 5) is 6.42. The van der Waals surface area contributed by atoms with E-state index in [9.17, 15) is 0 Å². The molecule has 0 spiro atoms. The molecule has 1 aromatic heterocycles. The van der Waals surface area contributed by atoms with Crippen LogP contribution in [0.2, 0.25) is 0 Å². The van der Waals surface area contributed by atoms with Crippen molar-refractivity contribution < 1.29 is 0 Å². The fraction of sp³-hybridized carbons (Fsp3) is 0.444. The molecule has 0 unspecified atom stereocenters. The van der Waals surface area contributed by atoms with Crippen LogP contribution < -0.4 is 4.90 Å². The van der Waals surface area contributed by atoms with Crippen molar-refractivity contribution in [1.29, 1.82) is 0 Å². The van der Waals surface area contributed by atoms with Gasteiger partial charge in [0.1, 0.15) is 5.82 Å². The summed E-state index contributed by atoms with van der Waals surface area (Å²) in [5.74, 6) is 1.03. The zero-order valence-electron chi connectivity index (χ0n) is 7.42. The van der Waals surface area contributed by atoms with E-state index < -0.39 is 0 Å². The normalized spacial score (nSPS) is 9.92. The number of rotatable bonds is 3. The maximum absolute atomic E-state index is 4.30. The van der Waals surface area contributed by atoms with Crippen LogP contribution in [0.5, 0.6) is 0 Å². The van der Waals surface area contributed by atoms with Crippen molar-refractivity contribution in [2.45, 2.75) is 6.92 Å². The lowest BCUT2D eigenvalue weighted by molar-refractivity contribution is 0.948. The highest BCUT2D eigenvalue weighted by atomic mass is 79.9. The largest absolute Gasteiger partial charge is 0.359 e. The Labute approximate surface area is 81.7 Å². The molecule has 0 radical (unpaired) electrons. The molecule has 3 heteroatoms. The summed E-state index contributed by atoms with van der Waals surface area (Å²) in [6, 6.07) is 4.12. The monoisotopic (exact) mass is 228 g/mol. The number of hydrogen-bond donors (Lipinski definition) is 0. The van der Waals surface area contributed by atoms with E-state index in [4.69, 9.17) is 0 Å². The highest BCUT2D eigenvalue weighted by Gasteiger charge is 1.98. The Morgan fingerprint density at radius 1 is 1.50 bits per heavy atom. The van der Waals surface area contributed by atoms with Crippen molar-refractivity contribution in [2.75, 3.05) is 23.8 Å². The van der Waals surface area contributed by atoms with Gasteiger partial charge in [0.15, 0.2) is 0 Å². The number of anilines is 1. The molecule has 0 amide bonds. The number of alkyl halides is 1. The maximum atomic E-state index is 4.30. The zero-order chi connectivity index (χ0) is 8.97. The molecule has 2 nitrogen and oxygen atoms in total. The first-order valence-corrected chi connectivity index (χ1v) is 5.06. The first kappa shape index (κ1) is 9.52. The second-order valence-corrected chi connectivity index (χ2v) is 3.60. The van der Waals surface area contributed by atoms with Gasteiger partial charge in [0.05, 0.1) is 0 Å². The first-order valence-electron chi connectivity index (χ1n) is 3.94. The lowest BCUT2D eigenvalue weighted by atomic mass is 10.3. The molecule has 0 atom stereocenters. The second kappa shape index (κ2) is 4.45. The minimum absolute atomic E-state index is 0.971. The van der Waals surface area contributed by atoms with E-state index in [0.29, 0.717) is 0 Å². The smallest absolute Gasteiger partial charge is 0.128 e. The minimum atomic E-state index is 0.971. The van der Waals surface area contributed by atoms with Crippen molar-refractivity contribution in [1.82, 2.24) is 4.98 Å². The average Bonchev–Trinajstić information content (AvgIpc) is 2.06. The van der Waals surface area contributed by atoms with Crippen LogP contribution in [0, 0.1) is 6.92 Å². The molecule has 0 saturated heterocycles. The number of pyridine rings is 1. The molecule has 0 aliphatic rings. The van der Waals surface area contributed by atoms with Crippen LogP contribution in [0.25, 0.3) is 0 Å². The topological polar surface area (TPSA) is 16.1 Å². The van der Waals surface area contributed by atoms with Gasteiger partial charge in [-0.2, -0.15) is 0 Å². The third-order valence-corrected chi connectivity index (χ3v) is 2.06. The molecule has 0 aliphatic heterocycles. The van der Waals surface area contributed by atoms with Crippen LogP contribution in [0.3, 0.4) is 0 Å². The highest BCUT2D eigenvalue weighted by Crippen LogP contribution is 2.08. The molecule has 0 N–H and O–H groups in total. The van der Waals surface area contributed by atoms with Gasteiger partial charge in [-0.3, -0.25) is 0 Å².